The van der Waals surface area contributed by atoms with E-state index < -0.39 is 15.8 Å². The zero-order valence-electron chi connectivity index (χ0n) is 9.86. The predicted molar refractivity (Wildman–Crippen MR) is 67.6 cm³/mol. The van der Waals surface area contributed by atoms with Gasteiger partial charge in [-0.3, -0.25) is 0 Å². The van der Waals surface area contributed by atoms with Gasteiger partial charge in [0.1, 0.15) is 5.82 Å². The van der Waals surface area contributed by atoms with Crippen molar-refractivity contribution in [3.63, 3.8) is 0 Å². The lowest BCUT2D eigenvalue weighted by molar-refractivity contribution is 0.387. The molecule has 0 radical (unpaired) electrons. The van der Waals surface area contributed by atoms with Crippen LogP contribution in [0.3, 0.4) is 0 Å². The average molecular weight is 293 g/mol. The molecule has 100 valence electrons. The fourth-order valence-electron chi connectivity index (χ4n) is 1.95. The van der Waals surface area contributed by atoms with Crippen LogP contribution in [0.5, 0.6) is 0 Å². The number of likely N-dealkylation sites (N-methyl/N-ethyl adjacent to an activating group) is 1. The Balaban J connectivity index is 2.32. The first-order valence-corrected chi connectivity index (χ1v) is 7.38. The second kappa shape index (κ2) is 5.13. The van der Waals surface area contributed by atoms with Crippen molar-refractivity contribution >= 4 is 21.6 Å². The van der Waals surface area contributed by atoms with Crippen molar-refractivity contribution < 1.29 is 12.8 Å². The summed E-state index contributed by atoms with van der Waals surface area (Å²) < 4.78 is 39.0. The molecule has 1 aromatic carbocycles. The molecule has 4 nitrogen and oxygen atoms in total. The summed E-state index contributed by atoms with van der Waals surface area (Å²) in [5.74, 6) is -0.624. The van der Waals surface area contributed by atoms with Gasteiger partial charge in [0.2, 0.25) is 10.0 Å². The van der Waals surface area contributed by atoms with Gasteiger partial charge in [-0.25, -0.2) is 12.8 Å². The highest BCUT2D eigenvalue weighted by Gasteiger charge is 2.30. The Hall–Kier alpha value is -0.690. The molecular weight excluding hydrogens is 279 g/mol. The van der Waals surface area contributed by atoms with E-state index in [1.807, 2.05) is 0 Å². The molecule has 2 rings (SSSR count). The lowest BCUT2D eigenvalue weighted by Gasteiger charge is -2.23. The first kappa shape index (κ1) is 13.7. The number of halogens is 2. The minimum absolute atomic E-state index is 0.0169. The number of nitrogens with one attached hydrogen (secondary N) is 1. The molecule has 0 aromatic heterocycles. The lowest BCUT2D eigenvalue weighted by atomic mass is 10.3. The number of hydrogen-bond donors (Lipinski definition) is 1. The second-order valence-corrected chi connectivity index (χ2v) is 6.65. The van der Waals surface area contributed by atoms with Gasteiger partial charge in [-0.05, 0) is 31.2 Å². The maximum Gasteiger partial charge on any atom is 0.243 e. The number of benzene rings is 1. The minimum Gasteiger partial charge on any atom is -0.315 e. The maximum absolute atomic E-state index is 13.0. The molecule has 1 aliphatic heterocycles. The molecule has 18 heavy (non-hydrogen) atoms. The van der Waals surface area contributed by atoms with Crippen LogP contribution >= 0.6 is 11.6 Å². The summed E-state index contributed by atoms with van der Waals surface area (Å²) in [6.45, 7) is 1.43. The summed E-state index contributed by atoms with van der Waals surface area (Å²) in [4.78, 5) is 0.0169. The van der Waals surface area contributed by atoms with Gasteiger partial charge < -0.3 is 5.32 Å². The van der Waals surface area contributed by atoms with Crippen LogP contribution < -0.4 is 5.32 Å². The minimum atomic E-state index is -3.62. The van der Waals surface area contributed by atoms with Gasteiger partial charge in [0.05, 0.1) is 9.92 Å². The smallest absolute Gasteiger partial charge is 0.243 e. The Bertz CT molecular complexity index is 544. The van der Waals surface area contributed by atoms with Crippen molar-refractivity contribution in [2.45, 2.75) is 17.4 Å². The van der Waals surface area contributed by atoms with Crippen LogP contribution in [0.4, 0.5) is 4.39 Å². The first-order chi connectivity index (χ1) is 8.43. The summed E-state index contributed by atoms with van der Waals surface area (Å²) in [7, 11) is -2.09. The van der Waals surface area contributed by atoms with Crippen LogP contribution in [-0.4, -0.2) is 38.9 Å². The molecule has 1 saturated heterocycles. The monoisotopic (exact) mass is 292 g/mol. The molecule has 0 bridgehead atoms. The molecule has 1 atom stereocenters. The number of hydrogen-bond acceptors (Lipinski definition) is 3. The van der Waals surface area contributed by atoms with Crippen molar-refractivity contribution in [2.24, 2.45) is 0 Å². The molecule has 7 heteroatoms. The van der Waals surface area contributed by atoms with Gasteiger partial charge in [-0.1, -0.05) is 11.6 Å². The van der Waals surface area contributed by atoms with Crippen molar-refractivity contribution in [3.05, 3.63) is 29.0 Å². The van der Waals surface area contributed by atoms with Gasteiger partial charge in [-0.2, -0.15) is 4.31 Å². The van der Waals surface area contributed by atoms with Gasteiger partial charge in [-0.15, -0.1) is 0 Å². The second-order valence-electron chi connectivity index (χ2n) is 4.24. The molecule has 1 unspecified atom stereocenters. The number of rotatable bonds is 3. The summed E-state index contributed by atoms with van der Waals surface area (Å²) in [5, 5.41) is 2.92. The van der Waals surface area contributed by atoms with Crippen LogP contribution in [0, 0.1) is 5.82 Å². The summed E-state index contributed by atoms with van der Waals surface area (Å²) in [6, 6.07) is 3.37. The van der Waals surface area contributed by atoms with E-state index in [0.29, 0.717) is 6.54 Å². The fourth-order valence-corrected chi connectivity index (χ4v) is 3.61. The Morgan fingerprint density at radius 2 is 2.22 bits per heavy atom. The molecule has 0 spiro atoms. The van der Waals surface area contributed by atoms with E-state index in [-0.39, 0.29) is 16.0 Å². The number of nitrogens with zero attached hydrogens (tertiary/aromatic N) is 1. The average Bonchev–Trinajstić information content (AvgIpc) is 2.85. The Labute approximate surface area is 111 Å². The summed E-state index contributed by atoms with van der Waals surface area (Å²) in [5.41, 5.74) is 0. The molecule has 1 N–H and O–H groups in total. The van der Waals surface area contributed by atoms with Crippen molar-refractivity contribution in [1.82, 2.24) is 9.62 Å². The maximum atomic E-state index is 13.0. The lowest BCUT2D eigenvalue weighted by Crippen LogP contribution is -2.38. The van der Waals surface area contributed by atoms with Crippen LogP contribution in [0.2, 0.25) is 5.02 Å². The summed E-state index contributed by atoms with van der Waals surface area (Å²) in [6.07, 6.45) is 0.769. The highest BCUT2D eigenvalue weighted by molar-refractivity contribution is 7.89. The third-order valence-electron chi connectivity index (χ3n) is 3.12. The number of sulfonamides is 1. The van der Waals surface area contributed by atoms with Gasteiger partial charge in [0.25, 0.3) is 0 Å². The molecule has 0 amide bonds. The van der Waals surface area contributed by atoms with Crippen LogP contribution in [-0.2, 0) is 10.0 Å². The molecule has 0 aliphatic carbocycles. The SMILES string of the molecule is CN(C1CCNC1)S(=O)(=O)c1ccc(F)c(Cl)c1. The molecule has 1 aromatic rings. The van der Waals surface area contributed by atoms with Gasteiger partial charge in [0.15, 0.2) is 0 Å². The van der Waals surface area contributed by atoms with E-state index in [0.717, 1.165) is 25.1 Å². The van der Waals surface area contributed by atoms with E-state index in [9.17, 15) is 12.8 Å². The highest BCUT2D eigenvalue weighted by atomic mass is 35.5. The first-order valence-electron chi connectivity index (χ1n) is 5.57. The van der Waals surface area contributed by atoms with Crippen molar-refractivity contribution in [2.75, 3.05) is 20.1 Å². The zero-order chi connectivity index (χ0) is 13.3. The quantitative estimate of drug-likeness (QED) is 0.918. The van der Waals surface area contributed by atoms with Crippen LogP contribution in [0.15, 0.2) is 23.1 Å². The van der Waals surface area contributed by atoms with E-state index in [2.05, 4.69) is 5.32 Å². The Kier molecular flexibility index (Phi) is 3.91. The van der Waals surface area contributed by atoms with Crippen LogP contribution in [0.25, 0.3) is 0 Å². The molecule has 1 aliphatic rings. The Morgan fingerprint density at radius 3 is 2.78 bits per heavy atom. The van der Waals surface area contributed by atoms with E-state index >= 15 is 0 Å². The zero-order valence-corrected chi connectivity index (χ0v) is 11.4. The standard InChI is InChI=1S/C11H14ClFN2O2S/c1-15(8-4-5-14-7-8)18(16,17)9-2-3-11(13)10(12)6-9/h2-3,6,8,14H,4-5,7H2,1H3. The topological polar surface area (TPSA) is 49.4 Å². The third-order valence-corrected chi connectivity index (χ3v) is 5.31. The van der Waals surface area contributed by atoms with Gasteiger partial charge in [0, 0.05) is 19.6 Å². The largest absolute Gasteiger partial charge is 0.315 e. The van der Waals surface area contributed by atoms with E-state index in [4.69, 9.17) is 11.6 Å². The van der Waals surface area contributed by atoms with Gasteiger partial charge >= 0.3 is 0 Å². The molecule has 1 fully saturated rings. The molecule has 0 saturated carbocycles. The normalized spacial score (nSPS) is 20.6. The van der Waals surface area contributed by atoms with Crippen molar-refractivity contribution in [1.29, 1.82) is 0 Å². The predicted octanol–water partition coefficient (Wildman–Crippen LogP) is 1.46. The highest BCUT2D eigenvalue weighted by Crippen LogP contribution is 2.23. The van der Waals surface area contributed by atoms with E-state index in [1.165, 1.54) is 17.4 Å². The molecular formula is C11H14ClFN2O2S. The summed E-state index contributed by atoms with van der Waals surface area (Å²) >= 11 is 5.61. The van der Waals surface area contributed by atoms with Crippen molar-refractivity contribution in [3.8, 4) is 0 Å². The third kappa shape index (κ3) is 2.51. The fraction of sp³-hybridized carbons (Fsp3) is 0.455. The van der Waals surface area contributed by atoms with Crippen LogP contribution in [0.1, 0.15) is 6.42 Å². The molecule has 1 heterocycles. The van der Waals surface area contributed by atoms with E-state index in [1.54, 1.807) is 0 Å². The Morgan fingerprint density at radius 1 is 1.50 bits per heavy atom.